The van der Waals surface area contributed by atoms with Gasteiger partial charge in [-0.3, -0.25) is 4.79 Å². The van der Waals surface area contributed by atoms with Crippen molar-refractivity contribution in [2.45, 2.75) is 26.1 Å². The van der Waals surface area contributed by atoms with E-state index < -0.39 is 35.4 Å². The topological polar surface area (TPSA) is 68.5 Å². The van der Waals surface area contributed by atoms with Crippen molar-refractivity contribution >= 4 is 23.6 Å². The molecule has 0 spiro atoms. The molecular formula is C18H16F3NO4. The zero-order valence-electron chi connectivity index (χ0n) is 14.0. The van der Waals surface area contributed by atoms with E-state index in [0.717, 1.165) is 18.2 Å². The predicted octanol–water partition coefficient (Wildman–Crippen LogP) is 4.19. The number of nitrogens with one attached hydrogen (secondary N) is 1. The van der Waals surface area contributed by atoms with E-state index in [2.05, 4.69) is 5.32 Å². The first-order chi connectivity index (χ1) is 12.2. The van der Waals surface area contributed by atoms with Crippen LogP contribution in [0, 0.1) is 6.92 Å². The molecule has 1 atom stereocenters. The minimum Gasteiger partial charge on any atom is -0.462 e. The standard InChI is InChI=1S/C18H16F3NO4/c1-11-7-8-13(25-11)9-10-16(23)26-12(2)17(24)22-15-6-4-3-5-14(15)18(19,20)21/h3-10,12H,1-2H3,(H,22,24)/b10-9+. The minimum absolute atomic E-state index is 0.408. The first-order valence-corrected chi connectivity index (χ1v) is 7.59. The summed E-state index contributed by atoms with van der Waals surface area (Å²) in [5.41, 5.74) is -1.39. The van der Waals surface area contributed by atoms with Gasteiger partial charge in [-0.05, 0) is 44.2 Å². The Morgan fingerprint density at radius 1 is 1.19 bits per heavy atom. The van der Waals surface area contributed by atoms with Crippen LogP contribution in [0.2, 0.25) is 0 Å². The highest BCUT2D eigenvalue weighted by Gasteiger charge is 2.34. The molecule has 2 aromatic rings. The lowest BCUT2D eigenvalue weighted by Gasteiger charge is -2.16. The van der Waals surface area contributed by atoms with Gasteiger partial charge >= 0.3 is 12.1 Å². The molecule has 26 heavy (non-hydrogen) atoms. The van der Waals surface area contributed by atoms with E-state index in [1.807, 2.05) is 0 Å². The van der Waals surface area contributed by atoms with Crippen LogP contribution in [0.1, 0.15) is 24.0 Å². The molecule has 5 nitrogen and oxygen atoms in total. The van der Waals surface area contributed by atoms with Gasteiger partial charge in [-0.1, -0.05) is 12.1 Å². The Kier molecular flexibility index (Phi) is 5.86. The highest BCUT2D eigenvalue weighted by Crippen LogP contribution is 2.34. The maximum Gasteiger partial charge on any atom is 0.418 e. The molecule has 0 bridgehead atoms. The molecule has 138 valence electrons. The summed E-state index contributed by atoms with van der Waals surface area (Å²) < 4.78 is 48.9. The second-order valence-electron chi connectivity index (χ2n) is 5.39. The van der Waals surface area contributed by atoms with Crippen molar-refractivity contribution in [1.29, 1.82) is 0 Å². The van der Waals surface area contributed by atoms with Crippen LogP contribution < -0.4 is 5.32 Å². The molecule has 0 saturated carbocycles. The van der Waals surface area contributed by atoms with Gasteiger partial charge in [-0.25, -0.2) is 4.79 Å². The van der Waals surface area contributed by atoms with E-state index in [1.54, 1.807) is 19.1 Å². The fourth-order valence-electron chi connectivity index (χ4n) is 2.03. The van der Waals surface area contributed by atoms with Crippen LogP contribution >= 0.6 is 0 Å². The molecule has 0 saturated heterocycles. The molecule has 1 aromatic heterocycles. The number of hydrogen-bond donors (Lipinski definition) is 1. The van der Waals surface area contributed by atoms with Gasteiger partial charge in [-0.2, -0.15) is 13.2 Å². The van der Waals surface area contributed by atoms with Crippen LogP contribution in [0.15, 0.2) is 46.9 Å². The SMILES string of the molecule is Cc1ccc(/C=C/C(=O)OC(C)C(=O)Nc2ccccc2C(F)(F)F)o1. The Bertz CT molecular complexity index is 824. The molecule has 1 aromatic carbocycles. The Hall–Kier alpha value is -3.03. The summed E-state index contributed by atoms with van der Waals surface area (Å²) in [6, 6.07) is 7.88. The van der Waals surface area contributed by atoms with Crippen molar-refractivity contribution in [1.82, 2.24) is 0 Å². The first-order valence-electron chi connectivity index (χ1n) is 7.59. The Morgan fingerprint density at radius 3 is 2.50 bits per heavy atom. The number of hydrogen-bond acceptors (Lipinski definition) is 4. The zero-order valence-corrected chi connectivity index (χ0v) is 14.0. The van der Waals surface area contributed by atoms with Crippen LogP contribution in [-0.4, -0.2) is 18.0 Å². The number of para-hydroxylation sites is 1. The largest absolute Gasteiger partial charge is 0.462 e. The van der Waals surface area contributed by atoms with E-state index in [4.69, 9.17) is 9.15 Å². The lowest BCUT2D eigenvalue weighted by atomic mass is 10.1. The molecule has 2 rings (SSSR count). The number of anilines is 1. The smallest absolute Gasteiger partial charge is 0.418 e. The molecule has 0 aliphatic rings. The normalized spacial score (nSPS) is 12.8. The van der Waals surface area contributed by atoms with Crippen molar-refractivity contribution in [3.05, 3.63) is 59.6 Å². The van der Waals surface area contributed by atoms with Crippen molar-refractivity contribution < 1.29 is 31.9 Å². The van der Waals surface area contributed by atoms with Crippen LogP contribution in [-0.2, 0) is 20.5 Å². The van der Waals surface area contributed by atoms with E-state index >= 15 is 0 Å². The van der Waals surface area contributed by atoms with Crippen molar-refractivity contribution in [2.75, 3.05) is 5.32 Å². The molecule has 0 aliphatic carbocycles. The van der Waals surface area contributed by atoms with E-state index in [-0.39, 0.29) is 0 Å². The first kappa shape index (κ1) is 19.3. The van der Waals surface area contributed by atoms with Crippen molar-refractivity contribution in [3.63, 3.8) is 0 Å². The second-order valence-corrected chi connectivity index (χ2v) is 5.39. The summed E-state index contributed by atoms with van der Waals surface area (Å²) in [6.45, 7) is 3.00. The predicted molar refractivity (Wildman–Crippen MR) is 88.1 cm³/mol. The fourth-order valence-corrected chi connectivity index (χ4v) is 2.03. The van der Waals surface area contributed by atoms with E-state index in [1.165, 1.54) is 25.1 Å². The van der Waals surface area contributed by atoms with Crippen LogP contribution in [0.25, 0.3) is 6.08 Å². The molecule has 0 radical (unpaired) electrons. The van der Waals surface area contributed by atoms with Gasteiger partial charge in [0.05, 0.1) is 11.3 Å². The van der Waals surface area contributed by atoms with Gasteiger partial charge in [0.1, 0.15) is 11.5 Å². The number of carbonyl (C=O) groups is 2. The minimum atomic E-state index is -4.62. The van der Waals surface area contributed by atoms with Crippen LogP contribution in [0.4, 0.5) is 18.9 Å². The van der Waals surface area contributed by atoms with E-state index in [9.17, 15) is 22.8 Å². The van der Waals surface area contributed by atoms with Crippen molar-refractivity contribution in [2.24, 2.45) is 0 Å². The second kappa shape index (κ2) is 7.90. The number of benzene rings is 1. The number of halogens is 3. The number of esters is 1. The van der Waals surface area contributed by atoms with Gasteiger partial charge in [0, 0.05) is 6.08 Å². The summed E-state index contributed by atoms with van der Waals surface area (Å²) in [5.74, 6) is -0.618. The van der Waals surface area contributed by atoms with Gasteiger partial charge in [0.15, 0.2) is 6.10 Å². The highest BCUT2D eigenvalue weighted by atomic mass is 19.4. The lowest BCUT2D eigenvalue weighted by molar-refractivity contribution is -0.148. The van der Waals surface area contributed by atoms with E-state index in [0.29, 0.717) is 11.5 Å². The number of carbonyl (C=O) groups excluding carboxylic acids is 2. The number of alkyl halides is 3. The third kappa shape index (κ3) is 5.23. The molecule has 1 heterocycles. The van der Waals surface area contributed by atoms with Gasteiger partial charge in [0.2, 0.25) is 0 Å². The molecular weight excluding hydrogens is 351 g/mol. The number of aryl methyl sites for hydroxylation is 1. The number of amides is 1. The number of ether oxygens (including phenoxy) is 1. The summed E-state index contributed by atoms with van der Waals surface area (Å²) in [4.78, 5) is 23.7. The Balaban J connectivity index is 1.98. The summed E-state index contributed by atoms with van der Waals surface area (Å²) in [5, 5.41) is 2.12. The fraction of sp³-hybridized carbons (Fsp3) is 0.222. The van der Waals surface area contributed by atoms with Crippen LogP contribution in [0.3, 0.4) is 0 Å². The van der Waals surface area contributed by atoms with Gasteiger partial charge in [0.25, 0.3) is 5.91 Å². The monoisotopic (exact) mass is 367 g/mol. The van der Waals surface area contributed by atoms with Gasteiger partial charge < -0.3 is 14.5 Å². The molecule has 1 N–H and O–H groups in total. The van der Waals surface area contributed by atoms with Crippen LogP contribution in [0.5, 0.6) is 0 Å². The zero-order chi connectivity index (χ0) is 19.3. The van der Waals surface area contributed by atoms with Gasteiger partial charge in [-0.15, -0.1) is 0 Å². The summed E-state index contributed by atoms with van der Waals surface area (Å²) >= 11 is 0. The summed E-state index contributed by atoms with van der Waals surface area (Å²) in [6.07, 6.45) is -3.48. The summed E-state index contributed by atoms with van der Waals surface area (Å²) in [7, 11) is 0. The Labute approximate surface area is 147 Å². The lowest BCUT2D eigenvalue weighted by Crippen LogP contribution is -2.30. The van der Waals surface area contributed by atoms with Crippen molar-refractivity contribution in [3.8, 4) is 0 Å². The molecule has 1 unspecified atom stereocenters. The quantitative estimate of drug-likeness (QED) is 0.636. The maximum atomic E-state index is 12.9. The number of furan rings is 1. The third-order valence-electron chi connectivity index (χ3n) is 3.30. The molecule has 0 fully saturated rings. The highest BCUT2D eigenvalue weighted by molar-refractivity contribution is 5.97. The molecule has 0 aliphatic heterocycles. The maximum absolute atomic E-state index is 12.9. The average Bonchev–Trinajstić information content (AvgIpc) is 2.98. The number of rotatable bonds is 5. The molecule has 8 heteroatoms. The average molecular weight is 367 g/mol. The molecule has 1 amide bonds. The Morgan fingerprint density at radius 2 is 1.88 bits per heavy atom. The third-order valence-corrected chi connectivity index (χ3v) is 3.30.